The topological polar surface area (TPSA) is 139 Å². The molecule has 16 heteroatoms. The zero-order valence-electron chi connectivity index (χ0n) is 23.5. The van der Waals surface area contributed by atoms with Gasteiger partial charge in [-0.15, -0.1) is 0 Å². The van der Waals surface area contributed by atoms with Crippen molar-refractivity contribution in [2.24, 2.45) is 0 Å². The van der Waals surface area contributed by atoms with Crippen LogP contribution in [0.2, 0.25) is 0 Å². The second-order valence-electron chi connectivity index (χ2n) is 9.50. The van der Waals surface area contributed by atoms with Gasteiger partial charge in [-0.1, -0.05) is 0 Å². The van der Waals surface area contributed by atoms with Crippen molar-refractivity contribution in [3.63, 3.8) is 0 Å². The van der Waals surface area contributed by atoms with Crippen molar-refractivity contribution < 1.29 is 65.1 Å². The van der Waals surface area contributed by atoms with Crippen LogP contribution in [0.5, 0.6) is 11.5 Å². The molecule has 0 saturated carbocycles. The maximum atomic E-state index is 13.7. The Balaban J connectivity index is 0.000000250. The molecule has 46 heavy (non-hydrogen) atoms. The van der Waals surface area contributed by atoms with E-state index in [1.807, 2.05) is 0 Å². The summed E-state index contributed by atoms with van der Waals surface area (Å²) >= 11 is 0. The van der Waals surface area contributed by atoms with E-state index in [4.69, 9.17) is 10.2 Å². The molecule has 0 aliphatic heterocycles. The van der Waals surface area contributed by atoms with Crippen molar-refractivity contribution in [1.82, 2.24) is 0 Å². The molecule has 0 heterocycles. The number of rotatable bonds is 8. The molecule has 4 aromatic rings. The molecule has 244 valence electrons. The highest BCUT2D eigenvalue weighted by Crippen LogP contribution is 2.28. The van der Waals surface area contributed by atoms with Gasteiger partial charge in [0, 0.05) is 46.7 Å². The number of hydrogen-bond donors (Lipinski definition) is 6. The second kappa shape index (κ2) is 14.0. The Hall–Kier alpha value is -5.54. The number of hydrogen-bond acceptors (Lipinski definition) is 6. The van der Waals surface area contributed by atoms with Gasteiger partial charge in [-0.2, -0.15) is 0 Å². The third-order valence-corrected chi connectivity index (χ3v) is 6.54. The summed E-state index contributed by atoms with van der Waals surface area (Å²) in [6.45, 7) is 0.589. The van der Waals surface area contributed by atoms with Crippen molar-refractivity contribution >= 4 is 23.3 Å². The van der Waals surface area contributed by atoms with Crippen LogP contribution in [-0.2, 0) is 13.1 Å². The van der Waals surface area contributed by atoms with Crippen molar-refractivity contribution in [3.8, 4) is 11.5 Å². The van der Waals surface area contributed by atoms with Crippen molar-refractivity contribution in [2.75, 3.05) is 10.6 Å². The lowest BCUT2D eigenvalue weighted by molar-refractivity contribution is 0.0682. The normalized spacial score (nSPS) is 10.7. The summed E-state index contributed by atoms with van der Waals surface area (Å²) in [5, 5.41) is 41.3. The van der Waals surface area contributed by atoms with Crippen LogP contribution in [0.1, 0.15) is 43.0 Å². The molecule has 0 amide bonds. The lowest BCUT2D eigenvalue weighted by Gasteiger charge is -2.12. The van der Waals surface area contributed by atoms with Crippen molar-refractivity contribution in [1.29, 1.82) is 0 Å². The number of carboxylic acid groups (broad SMARTS) is 2. The zero-order valence-corrected chi connectivity index (χ0v) is 23.5. The largest absolute Gasteiger partial charge is 0.507 e. The van der Waals surface area contributed by atoms with Crippen LogP contribution in [0.25, 0.3) is 0 Å². The molecule has 0 aromatic heterocycles. The Kier molecular flexibility index (Phi) is 10.7. The first-order chi connectivity index (χ1) is 21.5. The Labute approximate surface area is 254 Å². The maximum absolute atomic E-state index is 13.7. The van der Waals surface area contributed by atoms with E-state index in [2.05, 4.69) is 10.6 Å². The van der Waals surface area contributed by atoms with Crippen LogP contribution in [-0.4, -0.2) is 32.4 Å². The highest BCUT2D eigenvalue weighted by molar-refractivity contribution is 5.92. The van der Waals surface area contributed by atoms with Crippen molar-refractivity contribution in [2.45, 2.75) is 26.9 Å². The fourth-order valence-corrected chi connectivity index (χ4v) is 3.90. The van der Waals surface area contributed by atoms with Crippen LogP contribution in [0, 0.1) is 60.4 Å². The molecule has 0 saturated heterocycles. The quantitative estimate of drug-likeness (QED) is 0.0668. The first kappa shape index (κ1) is 34.9. The Morgan fingerprint density at radius 2 is 0.826 bits per heavy atom. The first-order valence-electron chi connectivity index (χ1n) is 12.7. The highest BCUT2D eigenvalue weighted by atomic mass is 19.2. The molecule has 8 nitrogen and oxygen atoms in total. The number of carbonyl (C=O) groups is 2. The second-order valence-corrected chi connectivity index (χ2v) is 9.50. The van der Waals surface area contributed by atoms with Gasteiger partial charge < -0.3 is 31.1 Å². The Bertz CT molecular complexity index is 1660. The standard InChI is InChI=1S/2C15H11F4NO3/c2*1-6-11(16)13(18)9(14(19)12(6)17)5-20-7-2-3-10(21)8(4-7)15(22)23/h2*2-4,20-21H,5H2,1H3,(H,22,23). The van der Waals surface area contributed by atoms with Gasteiger partial charge in [0.1, 0.15) is 22.6 Å². The number of phenols is 2. The Morgan fingerprint density at radius 3 is 1.09 bits per heavy atom. The fourth-order valence-electron chi connectivity index (χ4n) is 3.90. The van der Waals surface area contributed by atoms with Crippen LogP contribution < -0.4 is 10.6 Å². The number of halogens is 8. The van der Waals surface area contributed by atoms with Crippen molar-refractivity contribution in [3.05, 3.63) is 116 Å². The van der Waals surface area contributed by atoms with E-state index in [0.29, 0.717) is 0 Å². The highest BCUT2D eigenvalue weighted by Gasteiger charge is 2.24. The number of benzene rings is 4. The van der Waals surface area contributed by atoms with E-state index in [1.54, 1.807) is 0 Å². The summed E-state index contributed by atoms with van der Waals surface area (Å²) in [7, 11) is 0. The number of carboxylic acids is 2. The molecule has 0 radical (unpaired) electrons. The van der Waals surface area contributed by atoms with E-state index in [9.17, 15) is 54.9 Å². The molecule has 0 aliphatic rings. The van der Waals surface area contributed by atoms with Gasteiger partial charge in [0.05, 0.1) is 0 Å². The van der Waals surface area contributed by atoms with E-state index >= 15 is 0 Å². The number of anilines is 2. The van der Waals surface area contributed by atoms with E-state index in [1.165, 1.54) is 12.1 Å². The predicted octanol–water partition coefficient (Wildman–Crippen LogP) is 7.13. The molecule has 6 N–H and O–H groups in total. The monoisotopic (exact) mass is 658 g/mol. The predicted molar refractivity (Wildman–Crippen MR) is 147 cm³/mol. The van der Waals surface area contributed by atoms with Crippen LogP contribution >= 0.6 is 0 Å². The first-order valence-corrected chi connectivity index (χ1v) is 12.7. The molecule has 4 rings (SSSR count). The molecule has 0 atom stereocenters. The molecule has 0 fully saturated rings. The van der Waals surface area contributed by atoms with Crippen LogP contribution in [0.15, 0.2) is 36.4 Å². The summed E-state index contributed by atoms with van der Waals surface area (Å²) in [4.78, 5) is 21.8. The minimum absolute atomic E-state index is 0.0976. The van der Waals surface area contributed by atoms with E-state index < -0.39 is 116 Å². The fraction of sp³-hybridized carbons (Fsp3) is 0.133. The van der Waals surface area contributed by atoms with Crippen LogP contribution in [0.4, 0.5) is 46.5 Å². The third kappa shape index (κ3) is 7.22. The van der Waals surface area contributed by atoms with Gasteiger partial charge in [0.2, 0.25) is 0 Å². The average molecular weight is 658 g/mol. The lowest BCUT2D eigenvalue weighted by Crippen LogP contribution is -2.11. The number of aromatic hydroxyl groups is 2. The van der Waals surface area contributed by atoms with Gasteiger partial charge in [0.15, 0.2) is 46.5 Å². The third-order valence-electron chi connectivity index (χ3n) is 6.54. The van der Waals surface area contributed by atoms with E-state index in [0.717, 1.165) is 38.1 Å². The maximum Gasteiger partial charge on any atom is 0.339 e. The number of nitrogens with one attached hydrogen (secondary N) is 2. The minimum Gasteiger partial charge on any atom is -0.507 e. The number of aromatic carboxylic acids is 2. The summed E-state index contributed by atoms with van der Waals surface area (Å²) < 4.78 is 109. The van der Waals surface area contributed by atoms with E-state index in [-0.39, 0.29) is 11.4 Å². The molecule has 0 unspecified atom stereocenters. The van der Waals surface area contributed by atoms with Gasteiger partial charge >= 0.3 is 11.9 Å². The molecule has 0 bridgehead atoms. The molecular formula is C30H22F8N2O6. The van der Waals surface area contributed by atoms with Gasteiger partial charge in [0.25, 0.3) is 0 Å². The zero-order chi connectivity index (χ0) is 34.6. The minimum atomic E-state index is -1.52. The smallest absolute Gasteiger partial charge is 0.339 e. The SMILES string of the molecule is Cc1c(F)c(F)c(CNc2ccc(O)c(C(=O)O)c2)c(F)c1F.Cc1c(F)c(F)c(CNc2ccc(O)c(C(=O)O)c2)c(F)c1F. The lowest BCUT2D eigenvalue weighted by atomic mass is 10.1. The van der Waals surface area contributed by atoms with Gasteiger partial charge in [-0.05, 0) is 50.2 Å². The summed E-state index contributed by atoms with van der Waals surface area (Å²) in [6.07, 6.45) is 0. The van der Waals surface area contributed by atoms with Crippen LogP contribution in [0.3, 0.4) is 0 Å². The summed E-state index contributed by atoms with van der Waals surface area (Å²) in [6, 6.07) is 6.67. The molecule has 0 spiro atoms. The van der Waals surface area contributed by atoms with Gasteiger partial charge in [-0.25, -0.2) is 44.7 Å². The Morgan fingerprint density at radius 1 is 0.543 bits per heavy atom. The molecule has 4 aromatic carbocycles. The molecule has 0 aliphatic carbocycles. The van der Waals surface area contributed by atoms with Gasteiger partial charge in [-0.3, -0.25) is 0 Å². The average Bonchev–Trinajstić information content (AvgIpc) is 3.02. The summed E-state index contributed by atoms with van der Waals surface area (Å²) in [5.74, 6) is -15.8. The molecular weight excluding hydrogens is 636 g/mol. The summed E-state index contributed by atoms with van der Waals surface area (Å²) in [5.41, 5.74) is -3.90.